The number of hydrogen-bond acceptors (Lipinski definition) is 7. The second kappa shape index (κ2) is 10.1. The number of amides is 1. The number of rotatable bonds is 3. The SMILES string of the molecule is Cc1cc(N2CCC(c3cnc(N4CCN(C(=O)OC(C)(C)C)CC4)cc3C)C(C)C2)c2cnn(C)c2n1. The molecule has 2 saturated heterocycles. The molecule has 2 fully saturated rings. The van der Waals surface area contributed by atoms with Crippen molar-refractivity contribution in [1.29, 1.82) is 0 Å². The number of carbonyl (C=O) groups excluding carboxylic acids is 1. The molecule has 2 atom stereocenters. The second-order valence-electron chi connectivity index (χ2n) is 12.0. The van der Waals surface area contributed by atoms with Gasteiger partial charge in [-0.15, -0.1) is 0 Å². The number of pyridine rings is 2. The lowest BCUT2D eigenvalue weighted by Gasteiger charge is -2.39. The predicted molar refractivity (Wildman–Crippen MR) is 151 cm³/mol. The number of aromatic nitrogens is 4. The molecule has 3 aromatic rings. The summed E-state index contributed by atoms with van der Waals surface area (Å²) in [6.07, 6.45) is 4.88. The van der Waals surface area contributed by atoms with Crippen molar-refractivity contribution in [3.63, 3.8) is 0 Å². The number of nitrogens with zero attached hydrogens (tertiary/aromatic N) is 7. The van der Waals surface area contributed by atoms with Gasteiger partial charge in [0, 0.05) is 58.2 Å². The largest absolute Gasteiger partial charge is 0.444 e. The summed E-state index contributed by atoms with van der Waals surface area (Å²) in [6, 6.07) is 4.42. The van der Waals surface area contributed by atoms with Gasteiger partial charge in [0.1, 0.15) is 11.4 Å². The van der Waals surface area contributed by atoms with E-state index in [0.29, 0.717) is 24.9 Å². The molecule has 5 heterocycles. The normalized spacial score (nSPS) is 20.8. The Labute approximate surface area is 225 Å². The van der Waals surface area contributed by atoms with Gasteiger partial charge in [0.05, 0.1) is 17.3 Å². The third kappa shape index (κ3) is 5.28. The molecule has 2 aliphatic heterocycles. The lowest BCUT2D eigenvalue weighted by Crippen LogP contribution is -2.50. The number of fused-ring (bicyclic) bond motifs is 1. The third-order valence-corrected chi connectivity index (χ3v) is 7.85. The van der Waals surface area contributed by atoms with Crippen LogP contribution < -0.4 is 9.80 Å². The highest BCUT2D eigenvalue weighted by Crippen LogP contribution is 2.38. The van der Waals surface area contributed by atoms with Gasteiger partial charge in [-0.25, -0.2) is 14.8 Å². The monoisotopic (exact) mass is 519 g/mol. The number of carbonyl (C=O) groups is 1. The summed E-state index contributed by atoms with van der Waals surface area (Å²) in [5.41, 5.74) is 5.38. The minimum absolute atomic E-state index is 0.233. The van der Waals surface area contributed by atoms with Gasteiger partial charge >= 0.3 is 6.09 Å². The van der Waals surface area contributed by atoms with Gasteiger partial charge in [-0.1, -0.05) is 6.92 Å². The summed E-state index contributed by atoms with van der Waals surface area (Å²) in [4.78, 5) is 28.6. The molecule has 2 unspecified atom stereocenters. The summed E-state index contributed by atoms with van der Waals surface area (Å²) < 4.78 is 7.39. The van der Waals surface area contributed by atoms with Crippen molar-refractivity contribution in [3.05, 3.63) is 41.3 Å². The Kier molecular flexibility index (Phi) is 6.96. The fourth-order valence-corrected chi connectivity index (χ4v) is 5.86. The number of anilines is 2. The van der Waals surface area contributed by atoms with E-state index in [1.807, 2.05) is 38.7 Å². The minimum atomic E-state index is -0.474. The van der Waals surface area contributed by atoms with Crippen LogP contribution in [0.2, 0.25) is 0 Å². The van der Waals surface area contributed by atoms with E-state index in [1.165, 1.54) is 16.8 Å². The maximum absolute atomic E-state index is 12.4. The molecule has 0 aliphatic carbocycles. The van der Waals surface area contributed by atoms with Crippen molar-refractivity contribution in [2.45, 2.75) is 59.5 Å². The van der Waals surface area contributed by atoms with E-state index in [4.69, 9.17) is 14.7 Å². The first-order valence-electron chi connectivity index (χ1n) is 13.7. The van der Waals surface area contributed by atoms with Crippen LogP contribution >= 0.6 is 0 Å². The highest BCUT2D eigenvalue weighted by Gasteiger charge is 2.31. The molecule has 0 aromatic carbocycles. The summed E-state index contributed by atoms with van der Waals surface area (Å²) >= 11 is 0. The second-order valence-corrected chi connectivity index (χ2v) is 12.0. The smallest absolute Gasteiger partial charge is 0.410 e. The molecule has 9 heteroatoms. The van der Waals surface area contributed by atoms with Crippen LogP contribution in [0.1, 0.15) is 56.9 Å². The van der Waals surface area contributed by atoms with Crippen LogP contribution in [0.3, 0.4) is 0 Å². The average molecular weight is 520 g/mol. The van der Waals surface area contributed by atoms with E-state index in [-0.39, 0.29) is 6.09 Å². The van der Waals surface area contributed by atoms with E-state index in [0.717, 1.165) is 55.1 Å². The van der Waals surface area contributed by atoms with Gasteiger partial charge in [0.15, 0.2) is 5.65 Å². The third-order valence-electron chi connectivity index (χ3n) is 7.85. The molecule has 2 aliphatic rings. The van der Waals surface area contributed by atoms with Crippen molar-refractivity contribution < 1.29 is 9.53 Å². The molecule has 3 aromatic heterocycles. The van der Waals surface area contributed by atoms with E-state index in [2.05, 4.69) is 54.0 Å². The lowest BCUT2D eigenvalue weighted by molar-refractivity contribution is 0.0240. The summed E-state index contributed by atoms with van der Waals surface area (Å²) in [6.45, 7) is 17.1. The standard InChI is InChI=1S/C29H41N7O2/c1-19-14-26(34-10-12-35(13-11-34)28(37)38-29(4,5)6)30-16-23(19)22-8-9-36(18-20(22)2)25-15-21(3)32-27-24(25)17-31-33(27)7/h14-17,20,22H,8-13,18H2,1-7H3. The zero-order chi connectivity index (χ0) is 27.2. The highest BCUT2D eigenvalue weighted by molar-refractivity contribution is 5.89. The number of piperidine rings is 1. The molecule has 204 valence electrons. The zero-order valence-electron chi connectivity index (χ0n) is 23.9. The van der Waals surface area contributed by atoms with E-state index in [1.54, 1.807) is 4.90 Å². The maximum atomic E-state index is 12.4. The Morgan fingerprint density at radius 2 is 1.76 bits per heavy atom. The summed E-state index contributed by atoms with van der Waals surface area (Å²) in [7, 11) is 1.95. The predicted octanol–water partition coefficient (Wildman–Crippen LogP) is 4.67. The van der Waals surface area contributed by atoms with Crippen LogP contribution in [-0.4, -0.2) is 75.6 Å². The van der Waals surface area contributed by atoms with Gasteiger partial charge in [0.2, 0.25) is 0 Å². The van der Waals surface area contributed by atoms with E-state index >= 15 is 0 Å². The van der Waals surface area contributed by atoms with Crippen LogP contribution in [0.25, 0.3) is 11.0 Å². The Balaban J connectivity index is 1.24. The molecule has 9 nitrogen and oxygen atoms in total. The fraction of sp³-hybridized carbons (Fsp3) is 0.586. The Morgan fingerprint density at radius 3 is 2.42 bits per heavy atom. The van der Waals surface area contributed by atoms with E-state index in [9.17, 15) is 4.79 Å². The summed E-state index contributed by atoms with van der Waals surface area (Å²) in [5.74, 6) is 1.96. The minimum Gasteiger partial charge on any atom is -0.444 e. The first-order chi connectivity index (χ1) is 18.0. The van der Waals surface area contributed by atoms with Crippen molar-refractivity contribution in [1.82, 2.24) is 24.6 Å². The molecular weight excluding hydrogens is 478 g/mol. The average Bonchev–Trinajstić information content (AvgIpc) is 3.23. The van der Waals surface area contributed by atoms with Crippen molar-refractivity contribution >= 4 is 28.6 Å². The van der Waals surface area contributed by atoms with Crippen LogP contribution in [0.4, 0.5) is 16.3 Å². The fourth-order valence-electron chi connectivity index (χ4n) is 5.86. The number of piperazine rings is 1. The van der Waals surface area contributed by atoms with Crippen molar-refractivity contribution in [2.75, 3.05) is 49.1 Å². The molecule has 0 N–H and O–H groups in total. The first kappa shape index (κ1) is 26.3. The van der Waals surface area contributed by atoms with Crippen molar-refractivity contribution in [2.24, 2.45) is 13.0 Å². The van der Waals surface area contributed by atoms with Gasteiger partial charge in [-0.05, 0) is 76.1 Å². The summed E-state index contributed by atoms with van der Waals surface area (Å²) in [5, 5.41) is 5.57. The van der Waals surface area contributed by atoms with Gasteiger partial charge < -0.3 is 19.4 Å². The quantitative estimate of drug-likeness (QED) is 0.498. The molecule has 1 amide bonds. The van der Waals surface area contributed by atoms with Crippen LogP contribution in [0, 0.1) is 19.8 Å². The van der Waals surface area contributed by atoms with Gasteiger partial charge in [-0.3, -0.25) is 4.68 Å². The van der Waals surface area contributed by atoms with Crippen LogP contribution in [0.15, 0.2) is 24.5 Å². The lowest BCUT2D eigenvalue weighted by atomic mass is 9.80. The number of aryl methyl sites for hydroxylation is 3. The zero-order valence-corrected chi connectivity index (χ0v) is 23.9. The number of ether oxygens (including phenoxy) is 1. The number of hydrogen-bond donors (Lipinski definition) is 0. The molecule has 38 heavy (non-hydrogen) atoms. The first-order valence-corrected chi connectivity index (χ1v) is 13.7. The molecular formula is C29H41N7O2. The van der Waals surface area contributed by atoms with Crippen molar-refractivity contribution in [3.8, 4) is 0 Å². The highest BCUT2D eigenvalue weighted by atomic mass is 16.6. The Morgan fingerprint density at radius 1 is 1.03 bits per heavy atom. The Bertz CT molecular complexity index is 1320. The molecule has 0 spiro atoms. The van der Waals surface area contributed by atoms with E-state index < -0.39 is 5.60 Å². The van der Waals surface area contributed by atoms with Crippen LogP contribution in [0.5, 0.6) is 0 Å². The topological polar surface area (TPSA) is 79.6 Å². The molecule has 0 radical (unpaired) electrons. The van der Waals surface area contributed by atoms with Gasteiger partial charge in [-0.2, -0.15) is 5.10 Å². The van der Waals surface area contributed by atoms with Gasteiger partial charge in [0.25, 0.3) is 0 Å². The van der Waals surface area contributed by atoms with Crippen LogP contribution in [-0.2, 0) is 11.8 Å². The molecule has 5 rings (SSSR count). The maximum Gasteiger partial charge on any atom is 0.410 e. The molecule has 0 bridgehead atoms. The molecule has 0 saturated carbocycles. The Hall–Kier alpha value is -3.36.